The van der Waals surface area contributed by atoms with Crippen molar-refractivity contribution in [1.29, 1.82) is 5.26 Å². The minimum atomic E-state index is -3.58. The number of phenolic OH excluding ortho intramolecular Hbond substituents is 1. The second kappa shape index (κ2) is 8.42. The van der Waals surface area contributed by atoms with Gasteiger partial charge in [-0.05, 0) is 43.3 Å². The summed E-state index contributed by atoms with van der Waals surface area (Å²) in [6, 6.07) is 14.7. The fraction of sp³-hybridized carbons (Fsp3) is 0.300. The molecule has 0 unspecified atom stereocenters. The number of benzene rings is 2. The third kappa shape index (κ3) is 4.50. The lowest BCUT2D eigenvalue weighted by Crippen LogP contribution is -2.40. The van der Waals surface area contributed by atoms with Gasteiger partial charge >= 0.3 is 0 Å². The summed E-state index contributed by atoms with van der Waals surface area (Å²) in [4.78, 5) is 5.77. The molecular formula is C20H21N3O4S. The highest BCUT2D eigenvalue weighted by Gasteiger charge is 2.30. The zero-order chi connectivity index (χ0) is 20.1. The van der Waals surface area contributed by atoms with Gasteiger partial charge in [0.2, 0.25) is 10.0 Å². The van der Waals surface area contributed by atoms with Gasteiger partial charge in [0.05, 0.1) is 22.2 Å². The third-order valence-electron chi connectivity index (χ3n) is 4.62. The van der Waals surface area contributed by atoms with Gasteiger partial charge in [0, 0.05) is 31.5 Å². The van der Waals surface area contributed by atoms with Crippen molar-refractivity contribution in [1.82, 2.24) is 4.31 Å². The van der Waals surface area contributed by atoms with Crippen LogP contribution in [0.5, 0.6) is 5.75 Å². The van der Waals surface area contributed by atoms with Crippen LogP contribution < -0.4 is 0 Å². The Morgan fingerprint density at radius 2 is 1.89 bits per heavy atom. The highest BCUT2D eigenvalue weighted by Crippen LogP contribution is 2.23. The van der Waals surface area contributed by atoms with E-state index in [1.807, 2.05) is 6.07 Å². The number of nitrogens with zero attached hydrogens (tertiary/aromatic N) is 3. The van der Waals surface area contributed by atoms with Gasteiger partial charge in [-0.15, -0.1) is 0 Å². The van der Waals surface area contributed by atoms with Gasteiger partial charge < -0.3 is 9.94 Å². The Labute approximate surface area is 164 Å². The van der Waals surface area contributed by atoms with Gasteiger partial charge in [-0.2, -0.15) is 9.57 Å². The highest BCUT2D eigenvalue weighted by atomic mass is 32.2. The van der Waals surface area contributed by atoms with Crippen LogP contribution in [0.25, 0.3) is 0 Å². The van der Waals surface area contributed by atoms with Crippen LogP contribution in [0.15, 0.2) is 58.6 Å². The first-order valence-electron chi connectivity index (χ1n) is 8.90. The summed E-state index contributed by atoms with van der Waals surface area (Å²) in [6.45, 7) is 2.49. The van der Waals surface area contributed by atoms with Gasteiger partial charge in [0.1, 0.15) is 11.9 Å². The Morgan fingerprint density at radius 1 is 1.21 bits per heavy atom. The molecule has 0 amide bonds. The van der Waals surface area contributed by atoms with Crippen LogP contribution in [-0.4, -0.2) is 42.7 Å². The Hall–Kier alpha value is -2.89. The molecule has 1 aliphatic rings. The van der Waals surface area contributed by atoms with Gasteiger partial charge in [0.25, 0.3) is 0 Å². The van der Waals surface area contributed by atoms with Crippen molar-refractivity contribution < 1.29 is 18.4 Å². The lowest BCUT2D eigenvalue weighted by molar-refractivity contribution is 0.0253. The molecule has 7 nitrogen and oxygen atoms in total. The largest absolute Gasteiger partial charge is 0.508 e. The molecule has 1 aliphatic heterocycles. The molecule has 1 saturated heterocycles. The summed E-state index contributed by atoms with van der Waals surface area (Å²) in [6.07, 6.45) is 0.902. The summed E-state index contributed by atoms with van der Waals surface area (Å²) in [5.74, 6) is 0.0274. The van der Waals surface area contributed by atoms with E-state index in [9.17, 15) is 13.5 Å². The molecule has 0 aliphatic carbocycles. The molecule has 0 saturated carbocycles. The number of aromatic hydroxyl groups is 1. The standard InChI is InChI=1S/C20H21N3O4S/c1-15(17-4-2-3-16(13-17)14-21)22-27-19-9-11-23(12-10-19)28(25,26)20-7-5-18(24)6-8-20/h2-8,13,19,24H,9-12H2,1H3/b22-15+. The van der Waals surface area contributed by atoms with Crippen LogP contribution in [0.1, 0.15) is 30.9 Å². The van der Waals surface area contributed by atoms with Crippen molar-refractivity contribution in [3.8, 4) is 11.8 Å². The average molecular weight is 399 g/mol. The molecule has 0 spiro atoms. The molecule has 1 N–H and O–H groups in total. The summed E-state index contributed by atoms with van der Waals surface area (Å²) in [7, 11) is -3.58. The second-order valence-corrected chi connectivity index (χ2v) is 8.51. The monoisotopic (exact) mass is 399 g/mol. The number of piperidine rings is 1. The van der Waals surface area contributed by atoms with Crippen LogP contribution in [0.2, 0.25) is 0 Å². The van der Waals surface area contributed by atoms with Gasteiger partial charge in [-0.3, -0.25) is 0 Å². The number of nitriles is 1. The van der Waals surface area contributed by atoms with Crippen molar-refractivity contribution in [3.05, 3.63) is 59.7 Å². The molecule has 0 radical (unpaired) electrons. The number of rotatable bonds is 5. The van der Waals surface area contributed by atoms with Crippen molar-refractivity contribution in [2.45, 2.75) is 30.8 Å². The van der Waals surface area contributed by atoms with E-state index >= 15 is 0 Å². The van der Waals surface area contributed by atoms with E-state index in [2.05, 4.69) is 11.2 Å². The van der Waals surface area contributed by atoms with Crippen molar-refractivity contribution in [2.24, 2.45) is 5.16 Å². The smallest absolute Gasteiger partial charge is 0.243 e. The molecule has 146 valence electrons. The van der Waals surface area contributed by atoms with E-state index in [1.54, 1.807) is 25.1 Å². The molecule has 1 fully saturated rings. The second-order valence-electron chi connectivity index (χ2n) is 6.57. The van der Waals surface area contributed by atoms with Crippen molar-refractivity contribution in [3.63, 3.8) is 0 Å². The molecule has 2 aromatic carbocycles. The summed E-state index contributed by atoms with van der Waals surface area (Å²) >= 11 is 0. The van der Waals surface area contributed by atoms with Gasteiger partial charge in [-0.25, -0.2) is 8.42 Å². The summed E-state index contributed by atoms with van der Waals surface area (Å²) in [5.41, 5.74) is 2.03. The molecule has 2 aromatic rings. The van der Waals surface area contributed by atoms with Crippen LogP contribution in [0.3, 0.4) is 0 Å². The first kappa shape index (κ1) is 19.9. The van der Waals surface area contributed by atoms with Crippen LogP contribution in [0.4, 0.5) is 0 Å². The van der Waals surface area contributed by atoms with E-state index in [-0.39, 0.29) is 16.7 Å². The number of phenols is 1. The number of sulfonamides is 1. The average Bonchev–Trinajstić information content (AvgIpc) is 2.72. The van der Waals surface area contributed by atoms with Crippen molar-refractivity contribution in [2.75, 3.05) is 13.1 Å². The first-order valence-corrected chi connectivity index (χ1v) is 10.3. The number of oxime groups is 1. The fourth-order valence-corrected chi connectivity index (χ4v) is 4.43. The zero-order valence-corrected chi connectivity index (χ0v) is 16.3. The Kier molecular flexibility index (Phi) is 5.97. The number of hydrogen-bond donors (Lipinski definition) is 1. The van der Waals surface area contributed by atoms with E-state index in [0.717, 1.165) is 5.56 Å². The molecule has 0 atom stereocenters. The Morgan fingerprint density at radius 3 is 2.54 bits per heavy atom. The van der Waals surface area contributed by atoms with Crippen LogP contribution in [-0.2, 0) is 14.9 Å². The van der Waals surface area contributed by atoms with E-state index < -0.39 is 10.0 Å². The van der Waals surface area contributed by atoms with E-state index in [4.69, 9.17) is 10.1 Å². The molecule has 28 heavy (non-hydrogen) atoms. The lowest BCUT2D eigenvalue weighted by Gasteiger charge is -2.30. The molecule has 1 heterocycles. The maximum atomic E-state index is 12.7. The van der Waals surface area contributed by atoms with Gasteiger partial charge in [0.15, 0.2) is 0 Å². The minimum Gasteiger partial charge on any atom is -0.508 e. The highest BCUT2D eigenvalue weighted by molar-refractivity contribution is 7.89. The number of hydrogen-bond acceptors (Lipinski definition) is 6. The molecule has 0 aromatic heterocycles. The molecule has 8 heteroatoms. The quantitative estimate of drug-likeness (QED) is 0.615. The normalized spacial score (nSPS) is 16.5. The minimum absolute atomic E-state index is 0.0274. The Balaban J connectivity index is 1.59. The first-order chi connectivity index (χ1) is 13.4. The maximum absolute atomic E-state index is 12.7. The van der Waals surface area contributed by atoms with Gasteiger partial charge in [-0.1, -0.05) is 17.3 Å². The molecule has 3 rings (SSSR count). The Bertz CT molecular complexity index is 1000. The summed E-state index contributed by atoms with van der Waals surface area (Å²) in [5, 5.41) is 22.5. The lowest BCUT2D eigenvalue weighted by atomic mass is 10.1. The molecular weight excluding hydrogens is 378 g/mol. The fourth-order valence-electron chi connectivity index (χ4n) is 2.97. The SMILES string of the molecule is C/C(=N\OC1CCN(S(=O)(=O)c2ccc(O)cc2)CC1)c1cccc(C#N)c1. The van der Waals surface area contributed by atoms with E-state index in [0.29, 0.717) is 37.2 Å². The van der Waals surface area contributed by atoms with Crippen molar-refractivity contribution >= 4 is 15.7 Å². The third-order valence-corrected chi connectivity index (χ3v) is 6.54. The van der Waals surface area contributed by atoms with Crippen LogP contribution >= 0.6 is 0 Å². The molecule has 0 bridgehead atoms. The predicted molar refractivity (Wildman–Crippen MR) is 104 cm³/mol. The van der Waals surface area contributed by atoms with Crippen LogP contribution in [0, 0.1) is 11.3 Å². The van der Waals surface area contributed by atoms with E-state index in [1.165, 1.54) is 28.6 Å². The topological polar surface area (TPSA) is 103 Å². The zero-order valence-electron chi connectivity index (χ0n) is 15.4. The maximum Gasteiger partial charge on any atom is 0.243 e. The predicted octanol–water partition coefficient (Wildman–Crippen LogP) is 2.86. The summed E-state index contributed by atoms with van der Waals surface area (Å²) < 4.78 is 26.8.